The summed E-state index contributed by atoms with van der Waals surface area (Å²) < 4.78 is 5.06. The molecule has 0 N–H and O–H groups in total. The second kappa shape index (κ2) is 6.89. The second-order valence-corrected chi connectivity index (χ2v) is 2.79. The fourth-order valence-corrected chi connectivity index (χ4v) is 0.702. The molecule has 2 nitrogen and oxygen atoms in total. The predicted molar refractivity (Wildman–Crippen MR) is 49.9 cm³/mol. The topological polar surface area (TPSA) is 26.3 Å². The van der Waals surface area contributed by atoms with E-state index in [9.17, 15) is 4.79 Å². The first-order chi connectivity index (χ1) is 5.70. The zero-order chi connectivity index (χ0) is 9.40. The Morgan fingerprint density at radius 2 is 2.08 bits per heavy atom. The SMILES string of the molecule is CC/C=C/CC(=O)OC(C)CC. The van der Waals surface area contributed by atoms with Crippen LogP contribution in [0.25, 0.3) is 0 Å². The predicted octanol–water partition coefficient (Wildman–Crippen LogP) is 2.68. The molecule has 0 bridgehead atoms. The lowest BCUT2D eigenvalue weighted by atomic mass is 10.3. The monoisotopic (exact) mass is 170 g/mol. The number of carbonyl (C=O) groups is 1. The van der Waals surface area contributed by atoms with E-state index in [4.69, 9.17) is 4.74 Å². The van der Waals surface area contributed by atoms with Gasteiger partial charge in [-0.05, 0) is 19.8 Å². The molecule has 0 aromatic heterocycles. The summed E-state index contributed by atoms with van der Waals surface area (Å²) in [5, 5.41) is 0. The fraction of sp³-hybridized carbons (Fsp3) is 0.700. The van der Waals surface area contributed by atoms with Crippen LogP contribution in [0, 0.1) is 0 Å². The third-order valence-electron chi connectivity index (χ3n) is 1.59. The summed E-state index contributed by atoms with van der Waals surface area (Å²) in [4.78, 5) is 11.0. The molecule has 0 saturated heterocycles. The highest BCUT2D eigenvalue weighted by atomic mass is 16.5. The number of carbonyl (C=O) groups excluding carboxylic acids is 1. The lowest BCUT2D eigenvalue weighted by Crippen LogP contribution is -2.12. The molecule has 0 rings (SSSR count). The lowest BCUT2D eigenvalue weighted by molar-refractivity contribution is -0.147. The molecule has 0 aromatic carbocycles. The highest BCUT2D eigenvalue weighted by Gasteiger charge is 2.04. The Bertz CT molecular complexity index is 150. The number of esters is 1. The molecule has 0 aliphatic carbocycles. The first-order valence-corrected chi connectivity index (χ1v) is 4.55. The van der Waals surface area contributed by atoms with Crippen molar-refractivity contribution < 1.29 is 9.53 Å². The van der Waals surface area contributed by atoms with Gasteiger partial charge < -0.3 is 4.74 Å². The molecule has 0 radical (unpaired) electrons. The minimum absolute atomic E-state index is 0.0486. The summed E-state index contributed by atoms with van der Waals surface area (Å²) >= 11 is 0. The van der Waals surface area contributed by atoms with Crippen LogP contribution in [0.5, 0.6) is 0 Å². The van der Waals surface area contributed by atoms with E-state index >= 15 is 0 Å². The third kappa shape index (κ3) is 5.96. The summed E-state index contributed by atoms with van der Waals surface area (Å²) in [5.41, 5.74) is 0. The van der Waals surface area contributed by atoms with Gasteiger partial charge in [0.05, 0.1) is 12.5 Å². The molecule has 0 spiro atoms. The number of allylic oxidation sites excluding steroid dienone is 1. The van der Waals surface area contributed by atoms with Crippen molar-refractivity contribution in [3.05, 3.63) is 12.2 Å². The normalized spacial score (nSPS) is 13.2. The largest absolute Gasteiger partial charge is 0.462 e. The molecule has 0 aliphatic heterocycles. The lowest BCUT2D eigenvalue weighted by Gasteiger charge is -2.08. The molecule has 0 amide bonds. The van der Waals surface area contributed by atoms with Crippen LogP contribution in [0.2, 0.25) is 0 Å². The average molecular weight is 170 g/mol. The summed E-state index contributed by atoms with van der Waals surface area (Å²) in [6.45, 7) is 5.94. The zero-order valence-electron chi connectivity index (χ0n) is 8.17. The van der Waals surface area contributed by atoms with Crippen LogP contribution in [-0.2, 0) is 9.53 Å². The molecule has 0 aromatic rings. The van der Waals surface area contributed by atoms with Crippen molar-refractivity contribution >= 4 is 5.97 Å². The second-order valence-electron chi connectivity index (χ2n) is 2.79. The summed E-state index contributed by atoms with van der Waals surface area (Å²) in [7, 11) is 0. The molecule has 1 unspecified atom stereocenters. The van der Waals surface area contributed by atoms with Crippen LogP contribution < -0.4 is 0 Å². The van der Waals surface area contributed by atoms with Gasteiger partial charge >= 0.3 is 5.97 Å². The van der Waals surface area contributed by atoms with Gasteiger partial charge in [0.2, 0.25) is 0 Å². The molecule has 0 heterocycles. The van der Waals surface area contributed by atoms with Crippen LogP contribution in [0.4, 0.5) is 0 Å². The van der Waals surface area contributed by atoms with Crippen molar-refractivity contribution in [3.8, 4) is 0 Å². The Balaban J connectivity index is 3.52. The quantitative estimate of drug-likeness (QED) is 0.468. The van der Waals surface area contributed by atoms with Crippen molar-refractivity contribution in [2.45, 2.75) is 46.1 Å². The van der Waals surface area contributed by atoms with Crippen LogP contribution in [0.1, 0.15) is 40.0 Å². The van der Waals surface area contributed by atoms with E-state index in [2.05, 4.69) is 0 Å². The number of ether oxygens (including phenoxy) is 1. The van der Waals surface area contributed by atoms with Crippen LogP contribution >= 0.6 is 0 Å². The van der Waals surface area contributed by atoms with E-state index in [1.807, 2.05) is 32.9 Å². The minimum atomic E-state index is -0.131. The Morgan fingerprint density at radius 3 is 2.58 bits per heavy atom. The third-order valence-corrected chi connectivity index (χ3v) is 1.59. The average Bonchev–Trinajstić information content (AvgIpc) is 2.05. The van der Waals surface area contributed by atoms with E-state index < -0.39 is 0 Å². The van der Waals surface area contributed by atoms with Crippen molar-refractivity contribution in [1.82, 2.24) is 0 Å². The van der Waals surface area contributed by atoms with Gasteiger partial charge in [-0.25, -0.2) is 0 Å². The molecule has 1 atom stereocenters. The summed E-state index contributed by atoms with van der Waals surface area (Å²) in [6.07, 6.45) is 6.12. The number of rotatable bonds is 5. The van der Waals surface area contributed by atoms with Gasteiger partial charge in [-0.2, -0.15) is 0 Å². The summed E-state index contributed by atoms with van der Waals surface area (Å²) in [6, 6.07) is 0. The van der Waals surface area contributed by atoms with E-state index in [0.29, 0.717) is 6.42 Å². The summed E-state index contributed by atoms with van der Waals surface area (Å²) in [5.74, 6) is -0.131. The zero-order valence-corrected chi connectivity index (χ0v) is 8.17. The van der Waals surface area contributed by atoms with Gasteiger partial charge in [0.25, 0.3) is 0 Å². The number of hydrogen-bond donors (Lipinski definition) is 0. The first kappa shape index (κ1) is 11.2. The van der Waals surface area contributed by atoms with E-state index in [-0.39, 0.29) is 12.1 Å². The maximum atomic E-state index is 11.0. The Hall–Kier alpha value is -0.790. The molecule has 0 fully saturated rings. The van der Waals surface area contributed by atoms with Crippen molar-refractivity contribution in [2.75, 3.05) is 0 Å². The molecule has 0 aliphatic rings. The fourth-order valence-electron chi connectivity index (χ4n) is 0.702. The maximum absolute atomic E-state index is 11.0. The molecule has 12 heavy (non-hydrogen) atoms. The van der Waals surface area contributed by atoms with Gasteiger partial charge in [0.1, 0.15) is 0 Å². The Morgan fingerprint density at radius 1 is 1.42 bits per heavy atom. The van der Waals surface area contributed by atoms with Crippen molar-refractivity contribution in [2.24, 2.45) is 0 Å². The molecule has 0 saturated carbocycles. The van der Waals surface area contributed by atoms with E-state index in [1.165, 1.54) is 0 Å². The highest BCUT2D eigenvalue weighted by Crippen LogP contribution is 1.99. The van der Waals surface area contributed by atoms with Crippen LogP contribution in [-0.4, -0.2) is 12.1 Å². The maximum Gasteiger partial charge on any atom is 0.309 e. The molecule has 70 valence electrons. The van der Waals surface area contributed by atoms with Gasteiger partial charge in [-0.3, -0.25) is 4.79 Å². The number of hydrogen-bond acceptors (Lipinski definition) is 2. The molecule has 2 heteroatoms. The molecular formula is C10H18O2. The van der Waals surface area contributed by atoms with Gasteiger partial charge in [-0.1, -0.05) is 26.0 Å². The van der Waals surface area contributed by atoms with Crippen molar-refractivity contribution in [1.29, 1.82) is 0 Å². The van der Waals surface area contributed by atoms with Crippen LogP contribution in [0.15, 0.2) is 12.2 Å². The van der Waals surface area contributed by atoms with Gasteiger partial charge in [0, 0.05) is 0 Å². The van der Waals surface area contributed by atoms with E-state index in [0.717, 1.165) is 12.8 Å². The van der Waals surface area contributed by atoms with Gasteiger partial charge in [0.15, 0.2) is 0 Å². The molecular weight excluding hydrogens is 152 g/mol. The first-order valence-electron chi connectivity index (χ1n) is 4.55. The highest BCUT2D eigenvalue weighted by molar-refractivity contribution is 5.71. The Kier molecular flexibility index (Phi) is 6.44. The minimum Gasteiger partial charge on any atom is -0.462 e. The van der Waals surface area contributed by atoms with Crippen LogP contribution in [0.3, 0.4) is 0 Å². The van der Waals surface area contributed by atoms with Crippen molar-refractivity contribution in [3.63, 3.8) is 0 Å². The standard InChI is InChI=1S/C10H18O2/c1-4-6-7-8-10(11)12-9(3)5-2/h6-7,9H,4-5,8H2,1-3H3/b7-6+. The van der Waals surface area contributed by atoms with Gasteiger partial charge in [-0.15, -0.1) is 0 Å². The van der Waals surface area contributed by atoms with E-state index in [1.54, 1.807) is 0 Å². The Labute approximate surface area is 74.6 Å². The smallest absolute Gasteiger partial charge is 0.309 e.